The Kier molecular flexibility index (Phi) is 15.2. The Labute approximate surface area is 67.0 Å². The third-order valence-electron chi connectivity index (χ3n) is 0.777. The van der Waals surface area contributed by atoms with Gasteiger partial charge in [-0.1, -0.05) is 0 Å². The first-order valence-electron chi connectivity index (χ1n) is 2.80. The van der Waals surface area contributed by atoms with Gasteiger partial charge in [-0.2, -0.15) is 0 Å². The summed E-state index contributed by atoms with van der Waals surface area (Å²) < 4.78 is 9.71. The van der Waals surface area contributed by atoms with E-state index in [1.165, 1.54) is 0 Å². The molecule has 2 N–H and O–H groups in total. The lowest BCUT2D eigenvalue weighted by Crippen LogP contribution is -2.10. The molecule has 0 spiro atoms. The Morgan fingerprint density at radius 2 is 1.70 bits per heavy atom. The largest absolute Gasteiger partial charge is 0.382 e. The molecule has 0 aliphatic carbocycles. The summed E-state index contributed by atoms with van der Waals surface area (Å²) in [5.41, 5.74) is 0. The van der Waals surface area contributed by atoms with Crippen LogP contribution in [0.4, 0.5) is 0 Å². The summed E-state index contributed by atoms with van der Waals surface area (Å²) in [6.07, 6.45) is 0. The first kappa shape index (κ1) is 12.8. The lowest BCUT2D eigenvalue weighted by molar-refractivity contribution is 0.0246. The molecule has 0 saturated carbocycles. The van der Waals surface area contributed by atoms with Crippen LogP contribution in [0.15, 0.2) is 0 Å². The number of halogens is 1. The van der Waals surface area contributed by atoms with E-state index in [2.05, 4.69) is 4.84 Å². The first-order valence-corrected chi connectivity index (χ1v) is 2.80. The number of methoxy groups -OCH3 is 1. The van der Waals surface area contributed by atoms with Gasteiger partial charge in [0.1, 0.15) is 0 Å². The number of nitrogens with two attached hydrogens (primary N) is 1. The topological polar surface area (TPSA) is 53.7 Å². The highest BCUT2D eigenvalue weighted by Gasteiger charge is 1.84. The van der Waals surface area contributed by atoms with E-state index >= 15 is 0 Å². The van der Waals surface area contributed by atoms with Crippen molar-refractivity contribution in [2.45, 2.75) is 0 Å². The highest BCUT2D eigenvalue weighted by atomic mass is 35.5. The van der Waals surface area contributed by atoms with Crippen molar-refractivity contribution in [3.63, 3.8) is 0 Å². The Morgan fingerprint density at radius 3 is 2.20 bits per heavy atom. The Hall–Kier alpha value is 0.130. The highest BCUT2D eigenvalue weighted by molar-refractivity contribution is 5.85. The van der Waals surface area contributed by atoms with E-state index in [4.69, 9.17) is 15.4 Å². The molecule has 64 valence electrons. The normalized spacial score (nSPS) is 9.00. The third kappa shape index (κ3) is 11.0. The average molecular weight is 172 g/mol. The zero-order valence-corrected chi connectivity index (χ0v) is 6.86. The van der Waals surface area contributed by atoms with E-state index in [1.54, 1.807) is 7.11 Å². The van der Waals surface area contributed by atoms with Crippen molar-refractivity contribution in [2.24, 2.45) is 5.90 Å². The van der Waals surface area contributed by atoms with Crippen LogP contribution in [-0.4, -0.2) is 33.5 Å². The molecule has 0 aromatic heterocycles. The van der Waals surface area contributed by atoms with Gasteiger partial charge in [-0.3, -0.25) is 0 Å². The highest BCUT2D eigenvalue weighted by Crippen LogP contribution is 1.74. The zero-order valence-electron chi connectivity index (χ0n) is 6.04. The van der Waals surface area contributed by atoms with E-state index in [9.17, 15) is 0 Å². The van der Waals surface area contributed by atoms with Gasteiger partial charge in [0.2, 0.25) is 0 Å². The summed E-state index contributed by atoms with van der Waals surface area (Å²) in [5.74, 6) is 4.73. The quantitative estimate of drug-likeness (QED) is 0.450. The van der Waals surface area contributed by atoms with E-state index in [-0.39, 0.29) is 12.4 Å². The van der Waals surface area contributed by atoms with Crippen LogP contribution in [0.2, 0.25) is 0 Å². The van der Waals surface area contributed by atoms with Crippen LogP contribution < -0.4 is 5.90 Å². The second kappa shape index (κ2) is 11.9. The SMILES string of the molecule is COCCOCCON.Cl. The van der Waals surface area contributed by atoms with Gasteiger partial charge < -0.3 is 14.3 Å². The number of rotatable bonds is 6. The fourth-order valence-electron chi connectivity index (χ4n) is 0.351. The number of ether oxygens (including phenoxy) is 2. The molecule has 0 aliphatic heterocycles. The van der Waals surface area contributed by atoms with Crippen molar-refractivity contribution >= 4 is 12.4 Å². The minimum absolute atomic E-state index is 0. The maximum Gasteiger partial charge on any atom is 0.0913 e. The maximum absolute atomic E-state index is 4.98. The minimum Gasteiger partial charge on any atom is -0.382 e. The standard InChI is InChI=1S/C5H13NO3.ClH/c1-7-2-3-8-4-5-9-6;/h2-6H2,1H3;1H. The van der Waals surface area contributed by atoms with Crippen molar-refractivity contribution in [1.29, 1.82) is 0 Å². The van der Waals surface area contributed by atoms with E-state index in [1.807, 2.05) is 0 Å². The summed E-state index contributed by atoms with van der Waals surface area (Å²) >= 11 is 0. The number of hydrogen-bond donors (Lipinski definition) is 1. The summed E-state index contributed by atoms with van der Waals surface area (Å²) in [6, 6.07) is 0. The van der Waals surface area contributed by atoms with Gasteiger partial charge in [0, 0.05) is 7.11 Å². The fourth-order valence-corrected chi connectivity index (χ4v) is 0.351. The van der Waals surface area contributed by atoms with E-state index < -0.39 is 0 Å². The van der Waals surface area contributed by atoms with Crippen molar-refractivity contribution in [3.8, 4) is 0 Å². The molecule has 0 rings (SSSR count). The summed E-state index contributed by atoms with van der Waals surface area (Å²) in [7, 11) is 1.63. The second-order valence-corrected chi connectivity index (χ2v) is 1.48. The third-order valence-corrected chi connectivity index (χ3v) is 0.777. The predicted octanol–water partition coefficient (Wildman–Crippen LogP) is -0.0385. The van der Waals surface area contributed by atoms with Crippen molar-refractivity contribution < 1.29 is 14.3 Å². The van der Waals surface area contributed by atoms with Crippen LogP contribution >= 0.6 is 12.4 Å². The molecule has 0 heterocycles. The molecule has 0 aliphatic rings. The number of hydrogen-bond acceptors (Lipinski definition) is 4. The van der Waals surface area contributed by atoms with Gasteiger partial charge in [0.15, 0.2) is 0 Å². The molecule has 4 nitrogen and oxygen atoms in total. The van der Waals surface area contributed by atoms with Crippen LogP contribution in [0.3, 0.4) is 0 Å². The zero-order chi connectivity index (χ0) is 6.95. The molecule has 0 unspecified atom stereocenters. The van der Waals surface area contributed by atoms with Crippen LogP contribution in [0.5, 0.6) is 0 Å². The minimum atomic E-state index is 0. The van der Waals surface area contributed by atoms with Crippen LogP contribution in [-0.2, 0) is 14.3 Å². The summed E-state index contributed by atoms with van der Waals surface area (Å²) in [6.45, 7) is 2.17. The first-order chi connectivity index (χ1) is 4.41. The van der Waals surface area contributed by atoms with Crippen LogP contribution in [0, 0.1) is 0 Å². The average Bonchev–Trinajstić information content (AvgIpc) is 1.89. The van der Waals surface area contributed by atoms with Gasteiger partial charge in [-0.15, -0.1) is 12.4 Å². The molecule has 0 radical (unpaired) electrons. The maximum atomic E-state index is 4.98. The fraction of sp³-hybridized carbons (Fsp3) is 1.00. The molecule has 0 saturated heterocycles. The Balaban J connectivity index is 0. The van der Waals surface area contributed by atoms with Gasteiger partial charge in [-0.05, 0) is 0 Å². The summed E-state index contributed by atoms with van der Waals surface area (Å²) in [4.78, 5) is 4.26. The molecule has 0 aromatic carbocycles. The molecule has 10 heavy (non-hydrogen) atoms. The lowest BCUT2D eigenvalue weighted by Gasteiger charge is -2.00. The van der Waals surface area contributed by atoms with Gasteiger partial charge in [0.25, 0.3) is 0 Å². The van der Waals surface area contributed by atoms with Crippen molar-refractivity contribution in [2.75, 3.05) is 33.5 Å². The molecule has 0 bridgehead atoms. The van der Waals surface area contributed by atoms with Gasteiger partial charge in [0.05, 0.1) is 26.4 Å². The monoisotopic (exact) mass is 171 g/mol. The van der Waals surface area contributed by atoms with Crippen LogP contribution in [0.25, 0.3) is 0 Å². The lowest BCUT2D eigenvalue weighted by atomic mass is 10.7. The van der Waals surface area contributed by atoms with E-state index in [0.717, 1.165) is 0 Å². The Morgan fingerprint density at radius 1 is 1.10 bits per heavy atom. The van der Waals surface area contributed by atoms with Gasteiger partial charge >= 0.3 is 0 Å². The molecular formula is C5H14ClNO3. The summed E-state index contributed by atoms with van der Waals surface area (Å²) in [5, 5.41) is 0. The smallest absolute Gasteiger partial charge is 0.0913 e. The second-order valence-electron chi connectivity index (χ2n) is 1.48. The predicted molar refractivity (Wildman–Crippen MR) is 40.1 cm³/mol. The van der Waals surface area contributed by atoms with Crippen LogP contribution in [0.1, 0.15) is 0 Å². The van der Waals surface area contributed by atoms with Gasteiger partial charge in [-0.25, -0.2) is 5.90 Å². The molecule has 5 heteroatoms. The van der Waals surface area contributed by atoms with E-state index in [0.29, 0.717) is 26.4 Å². The molecular weight excluding hydrogens is 158 g/mol. The molecule has 0 fully saturated rings. The molecule has 0 atom stereocenters. The van der Waals surface area contributed by atoms with Crippen molar-refractivity contribution in [1.82, 2.24) is 0 Å². The Bertz CT molecular complexity index is 50.2. The molecule has 0 aromatic rings. The molecule has 0 amide bonds. The van der Waals surface area contributed by atoms with Crippen molar-refractivity contribution in [3.05, 3.63) is 0 Å².